The maximum absolute atomic E-state index is 13.3. The van der Waals surface area contributed by atoms with Crippen molar-refractivity contribution in [3.63, 3.8) is 0 Å². The lowest BCUT2D eigenvalue weighted by Crippen LogP contribution is -2.40. The number of carbonyl (C=O) groups is 1. The van der Waals surface area contributed by atoms with Gasteiger partial charge in [0.15, 0.2) is 0 Å². The lowest BCUT2D eigenvalue weighted by Gasteiger charge is -2.32. The fourth-order valence-electron chi connectivity index (χ4n) is 6.24. The second-order valence-corrected chi connectivity index (χ2v) is 12.7. The summed E-state index contributed by atoms with van der Waals surface area (Å²) in [5.74, 6) is 1.42. The first-order valence-electron chi connectivity index (χ1n) is 15.2. The Morgan fingerprint density at radius 3 is 2.50 bits per heavy atom. The molecular weight excluding hydrogens is 556 g/mol. The number of anilines is 1. The van der Waals surface area contributed by atoms with Crippen molar-refractivity contribution < 1.29 is 19.4 Å². The van der Waals surface area contributed by atoms with Crippen LogP contribution in [0.4, 0.5) is 10.5 Å². The van der Waals surface area contributed by atoms with Crippen molar-refractivity contribution in [3.8, 4) is 11.5 Å². The molecule has 10 heteroatoms. The van der Waals surface area contributed by atoms with Crippen molar-refractivity contribution in [2.24, 2.45) is 0 Å². The highest BCUT2D eigenvalue weighted by molar-refractivity contribution is 5.92. The van der Waals surface area contributed by atoms with Gasteiger partial charge < -0.3 is 25.2 Å². The number of fused-ring (bicyclic) bond motifs is 1. The van der Waals surface area contributed by atoms with E-state index in [-0.39, 0.29) is 41.7 Å². The number of carbonyl (C=O) groups excluding carboxylic acids is 1. The van der Waals surface area contributed by atoms with Crippen molar-refractivity contribution >= 4 is 17.6 Å². The van der Waals surface area contributed by atoms with Crippen LogP contribution in [-0.2, 0) is 12.0 Å². The molecule has 2 aromatic carbocycles. The predicted molar refractivity (Wildman–Crippen MR) is 171 cm³/mol. The number of likely N-dealkylation sites (tertiary alicyclic amines) is 1. The highest BCUT2D eigenvalue weighted by atomic mass is 16.5. The van der Waals surface area contributed by atoms with Crippen LogP contribution in [0.15, 0.2) is 54.7 Å². The maximum Gasteiger partial charge on any atom is 0.319 e. The van der Waals surface area contributed by atoms with Gasteiger partial charge in [0, 0.05) is 5.56 Å². The van der Waals surface area contributed by atoms with Crippen LogP contribution in [0.5, 0.6) is 11.5 Å². The van der Waals surface area contributed by atoms with E-state index in [4.69, 9.17) is 20.3 Å². The Morgan fingerprint density at radius 1 is 1.09 bits per heavy atom. The molecule has 1 aliphatic heterocycles. The van der Waals surface area contributed by atoms with E-state index in [2.05, 4.69) is 36.3 Å². The van der Waals surface area contributed by atoms with Crippen LogP contribution >= 0.6 is 0 Å². The molecule has 1 saturated heterocycles. The third-order valence-electron chi connectivity index (χ3n) is 8.69. The minimum absolute atomic E-state index is 0.0149. The van der Waals surface area contributed by atoms with Gasteiger partial charge in [-0.25, -0.2) is 4.79 Å². The number of likely N-dealkylation sites (N-methyl/N-ethyl adjacent to an activating group) is 1. The number of nitrogens with zero attached hydrogens (tertiary/aromatic N) is 2. The summed E-state index contributed by atoms with van der Waals surface area (Å²) in [6.07, 6.45) is 4.79. The molecule has 10 nitrogen and oxygen atoms in total. The van der Waals surface area contributed by atoms with Crippen molar-refractivity contribution in [3.05, 3.63) is 82.5 Å². The van der Waals surface area contributed by atoms with E-state index in [1.165, 1.54) is 7.11 Å². The minimum atomic E-state index is -0.361. The number of rotatable bonds is 7. The van der Waals surface area contributed by atoms with E-state index in [0.29, 0.717) is 41.4 Å². The number of amides is 2. The molecule has 2 aliphatic rings. The molecule has 0 radical (unpaired) electrons. The monoisotopic (exact) mass is 600 g/mol. The Bertz CT molecular complexity index is 1590. The maximum atomic E-state index is 13.3. The van der Waals surface area contributed by atoms with Crippen LogP contribution in [0.1, 0.15) is 80.9 Å². The molecule has 2 amide bonds. The van der Waals surface area contributed by atoms with Crippen molar-refractivity contribution in [2.45, 2.75) is 76.7 Å². The van der Waals surface area contributed by atoms with Crippen LogP contribution in [0.3, 0.4) is 0 Å². The van der Waals surface area contributed by atoms with E-state index in [1.54, 1.807) is 22.9 Å². The molecule has 44 heavy (non-hydrogen) atoms. The number of benzene rings is 2. The molecule has 3 aromatic rings. The molecule has 5 N–H and O–H groups in total. The third kappa shape index (κ3) is 6.51. The van der Waals surface area contributed by atoms with Gasteiger partial charge >= 0.3 is 6.03 Å². The number of nitrogens with one attached hydrogen (secondary N) is 4. The van der Waals surface area contributed by atoms with Gasteiger partial charge in [0.2, 0.25) is 0 Å². The number of hydrogen-bond acceptors (Lipinski definition) is 7. The van der Waals surface area contributed by atoms with Crippen LogP contribution in [0.25, 0.3) is 0 Å². The van der Waals surface area contributed by atoms with Crippen LogP contribution < -0.4 is 25.6 Å². The summed E-state index contributed by atoms with van der Waals surface area (Å²) >= 11 is 0. The smallest absolute Gasteiger partial charge is 0.319 e. The number of methoxy groups -OCH3 is 1. The fraction of sp³-hybridized carbons (Fsp3) is 0.441. The highest BCUT2D eigenvalue weighted by Gasteiger charge is 2.31. The number of pyridine rings is 1. The van der Waals surface area contributed by atoms with E-state index >= 15 is 0 Å². The summed E-state index contributed by atoms with van der Waals surface area (Å²) < 4.78 is 13.7. The Morgan fingerprint density at radius 2 is 1.84 bits per heavy atom. The zero-order chi connectivity index (χ0) is 31.6. The molecule has 0 spiro atoms. The molecular formula is C34H44N6O4. The molecule has 3 atom stereocenters. The molecule has 1 fully saturated rings. The molecule has 5 rings (SSSR count). The Labute approximate surface area is 259 Å². The molecule has 1 aromatic heterocycles. The average molecular weight is 601 g/mol. The largest absolute Gasteiger partial charge is 0.494 e. The Hall–Kier alpha value is -4.15. The van der Waals surface area contributed by atoms with Crippen molar-refractivity contribution in [1.82, 2.24) is 14.8 Å². The first-order valence-corrected chi connectivity index (χ1v) is 15.2. The van der Waals surface area contributed by atoms with Gasteiger partial charge in [-0.15, -0.1) is 0 Å². The van der Waals surface area contributed by atoms with Gasteiger partial charge in [-0.05, 0) is 85.6 Å². The molecule has 0 bridgehead atoms. The summed E-state index contributed by atoms with van der Waals surface area (Å²) in [6, 6.07) is 14.6. The molecule has 1 aliphatic carbocycles. The summed E-state index contributed by atoms with van der Waals surface area (Å²) in [6.45, 7) is 6.98. The normalized spacial score (nSPS) is 20.1. The summed E-state index contributed by atoms with van der Waals surface area (Å²) in [7, 11) is 3.55. The van der Waals surface area contributed by atoms with Crippen molar-refractivity contribution in [1.29, 1.82) is 10.8 Å². The number of aliphatic hydroxyl groups excluding tert-OH is 1. The number of aliphatic hydroxyl groups is 1. The Balaban J connectivity index is 1.33. The lowest BCUT2D eigenvalue weighted by molar-refractivity contribution is 0.171. The van der Waals surface area contributed by atoms with Crippen LogP contribution in [0.2, 0.25) is 0 Å². The summed E-state index contributed by atoms with van der Waals surface area (Å²) in [5.41, 5.74) is 4.13. The predicted octanol–water partition coefficient (Wildman–Crippen LogP) is 5.46. The summed E-state index contributed by atoms with van der Waals surface area (Å²) in [4.78, 5) is 15.5. The van der Waals surface area contributed by atoms with E-state index in [0.717, 1.165) is 36.1 Å². The van der Waals surface area contributed by atoms with Gasteiger partial charge in [0.25, 0.3) is 0 Å². The zero-order valence-corrected chi connectivity index (χ0v) is 26.2. The molecule has 2 unspecified atom stereocenters. The van der Waals surface area contributed by atoms with E-state index in [1.807, 2.05) is 43.4 Å². The first kappa shape index (κ1) is 31.3. The van der Waals surface area contributed by atoms with Crippen LogP contribution in [-0.4, -0.2) is 53.2 Å². The van der Waals surface area contributed by atoms with E-state index < -0.39 is 0 Å². The molecule has 234 valence electrons. The van der Waals surface area contributed by atoms with Gasteiger partial charge in [0.1, 0.15) is 28.9 Å². The third-order valence-corrected chi connectivity index (χ3v) is 8.69. The topological polar surface area (TPSA) is 136 Å². The molecule has 2 heterocycles. The number of aromatic nitrogens is 1. The van der Waals surface area contributed by atoms with Gasteiger partial charge in [-0.2, -0.15) is 0 Å². The standard InChI is InChI=1S/C34H44N6O4/c1-34(2,3)22-17-21(20-41)31(43-5)27(18-22)38-33(42)37-26-13-14-29(25-10-7-6-9-24(25)26)44-23-12-15-30(35)40(19-23)32(36)28-11-8-16-39(28)4/h6-7,9-10,12,15,17-19,26,28-29,35-36,41H,8,11,13-14,16,20H2,1-5H3,(H2,37,38,42)/t26?,28-,29?/m0/s1. The number of ether oxygens (including phenoxy) is 2. The molecule has 0 saturated carbocycles. The highest BCUT2D eigenvalue weighted by Crippen LogP contribution is 2.39. The van der Waals surface area contributed by atoms with E-state index in [9.17, 15) is 9.90 Å². The quantitative estimate of drug-likeness (QED) is 0.181. The zero-order valence-electron chi connectivity index (χ0n) is 26.2. The van der Waals surface area contributed by atoms with Crippen LogP contribution in [0, 0.1) is 10.8 Å². The Kier molecular flexibility index (Phi) is 9.12. The SMILES string of the molecule is COc1c(CO)cc(C(C)(C)C)cc1NC(=O)NC1CCC(Oc2ccc(=N)n(C(=N)[C@@H]3CCCN3C)c2)c2ccccc21. The average Bonchev–Trinajstić information content (AvgIpc) is 3.43. The van der Waals surface area contributed by atoms with Gasteiger partial charge in [0.05, 0.1) is 37.7 Å². The first-order chi connectivity index (χ1) is 21.0. The summed E-state index contributed by atoms with van der Waals surface area (Å²) in [5, 5.41) is 33.3. The number of urea groups is 1. The van der Waals surface area contributed by atoms with Gasteiger partial charge in [-0.3, -0.25) is 20.3 Å². The fourth-order valence-corrected chi connectivity index (χ4v) is 6.24. The number of hydrogen-bond donors (Lipinski definition) is 5. The van der Waals surface area contributed by atoms with Gasteiger partial charge in [-0.1, -0.05) is 45.0 Å². The lowest BCUT2D eigenvalue weighted by atomic mass is 9.85. The second-order valence-electron chi connectivity index (χ2n) is 12.7. The minimum Gasteiger partial charge on any atom is -0.494 e. The second kappa shape index (κ2) is 12.8. The van der Waals surface area contributed by atoms with Crippen molar-refractivity contribution in [2.75, 3.05) is 26.0 Å².